The van der Waals surface area contributed by atoms with Crippen molar-refractivity contribution in [2.24, 2.45) is 5.92 Å². The molecule has 2 heterocycles. The number of amides is 1. The molecule has 0 N–H and O–H groups in total. The number of carbonyl (C=O) groups is 1. The van der Waals surface area contributed by atoms with Crippen LogP contribution >= 0.6 is 0 Å². The summed E-state index contributed by atoms with van der Waals surface area (Å²) in [5.74, 6) is 0.491. The summed E-state index contributed by atoms with van der Waals surface area (Å²) >= 11 is 0. The first-order valence-electron chi connectivity index (χ1n) is 8.78. The van der Waals surface area contributed by atoms with E-state index >= 15 is 0 Å². The van der Waals surface area contributed by atoms with Crippen LogP contribution in [0.2, 0.25) is 0 Å². The Morgan fingerprint density at radius 1 is 1.29 bits per heavy atom. The number of ether oxygens (including phenoxy) is 3. The Bertz CT molecular complexity index is 540. The number of rotatable bonds is 4. The van der Waals surface area contributed by atoms with Crippen molar-refractivity contribution < 1.29 is 19.0 Å². The van der Waals surface area contributed by atoms with Crippen LogP contribution in [0.5, 0.6) is 0 Å². The van der Waals surface area contributed by atoms with E-state index in [1.807, 2.05) is 44.2 Å². The molecule has 2 aliphatic rings. The lowest BCUT2D eigenvalue weighted by atomic mass is 9.94. The van der Waals surface area contributed by atoms with Gasteiger partial charge in [-0.15, -0.1) is 0 Å². The van der Waals surface area contributed by atoms with Gasteiger partial charge in [0.25, 0.3) is 0 Å². The molecule has 2 fully saturated rings. The van der Waals surface area contributed by atoms with E-state index in [-0.39, 0.29) is 18.7 Å². The molecular weight excluding hydrogens is 306 g/mol. The lowest BCUT2D eigenvalue weighted by molar-refractivity contribution is -0.0506. The Balaban J connectivity index is 1.61. The van der Waals surface area contributed by atoms with Crippen molar-refractivity contribution in [1.82, 2.24) is 4.90 Å². The predicted molar refractivity (Wildman–Crippen MR) is 90.4 cm³/mol. The molecule has 2 aliphatic heterocycles. The van der Waals surface area contributed by atoms with E-state index in [0.29, 0.717) is 12.5 Å². The number of carbonyl (C=O) groups excluding carboxylic acids is 1. The Morgan fingerprint density at radius 2 is 2.08 bits per heavy atom. The fourth-order valence-corrected chi connectivity index (χ4v) is 3.59. The highest BCUT2D eigenvalue weighted by molar-refractivity contribution is 5.69. The third-order valence-electron chi connectivity index (χ3n) is 4.84. The monoisotopic (exact) mass is 333 g/mol. The highest BCUT2D eigenvalue weighted by Crippen LogP contribution is 2.33. The third-order valence-corrected chi connectivity index (χ3v) is 4.84. The second-order valence-electron chi connectivity index (χ2n) is 7.14. The van der Waals surface area contributed by atoms with Crippen LogP contribution in [-0.2, 0) is 20.8 Å². The molecular formula is C19H27NO4. The van der Waals surface area contributed by atoms with E-state index in [1.165, 1.54) is 0 Å². The maximum atomic E-state index is 12.7. The van der Waals surface area contributed by atoms with Crippen molar-refractivity contribution in [2.75, 3.05) is 19.8 Å². The zero-order valence-electron chi connectivity index (χ0n) is 14.6. The first kappa shape index (κ1) is 17.2. The van der Waals surface area contributed by atoms with Gasteiger partial charge in [0, 0.05) is 13.2 Å². The summed E-state index contributed by atoms with van der Waals surface area (Å²) < 4.78 is 17.0. The summed E-state index contributed by atoms with van der Waals surface area (Å²) in [6.07, 6.45) is 2.86. The molecule has 0 spiro atoms. The lowest BCUT2D eigenvalue weighted by Gasteiger charge is -2.34. The van der Waals surface area contributed by atoms with E-state index in [1.54, 1.807) is 4.90 Å². The van der Waals surface area contributed by atoms with Gasteiger partial charge in [-0.25, -0.2) is 4.79 Å². The van der Waals surface area contributed by atoms with Gasteiger partial charge in [0.2, 0.25) is 0 Å². The minimum atomic E-state index is -0.631. The molecule has 24 heavy (non-hydrogen) atoms. The zero-order valence-corrected chi connectivity index (χ0v) is 14.6. The summed E-state index contributed by atoms with van der Waals surface area (Å²) in [4.78, 5) is 14.4. The van der Waals surface area contributed by atoms with Crippen molar-refractivity contribution in [2.45, 2.75) is 51.5 Å². The normalized spacial score (nSPS) is 26.3. The summed E-state index contributed by atoms with van der Waals surface area (Å²) in [7, 11) is 0. The van der Waals surface area contributed by atoms with Gasteiger partial charge in [-0.1, -0.05) is 30.3 Å². The van der Waals surface area contributed by atoms with Crippen LogP contribution in [0.1, 0.15) is 38.7 Å². The van der Waals surface area contributed by atoms with E-state index in [4.69, 9.17) is 14.2 Å². The summed E-state index contributed by atoms with van der Waals surface area (Å²) in [6, 6.07) is 9.79. The number of benzene rings is 1. The van der Waals surface area contributed by atoms with E-state index in [2.05, 4.69) is 0 Å². The summed E-state index contributed by atoms with van der Waals surface area (Å²) in [6.45, 7) is 6.33. The second-order valence-corrected chi connectivity index (χ2v) is 7.14. The van der Waals surface area contributed by atoms with Gasteiger partial charge in [-0.3, -0.25) is 4.90 Å². The van der Waals surface area contributed by atoms with Crippen molar-refractivity contribution in [3.63, 3.8) is 0 Å². The fraction of sp³-hybridized carbons (Fsp3) is 0.632. The average Bonchev–Trinajstić information content (AvgIpc) is 2.89. The molecule has 5 heteroatoms. The molecule has 0 unspecified atom stereocenters. The molecule has 0 radical (unpaired) electrons. The van der Waals surface area contributed by atoms with Crippen LogP contribution in [0.15, 0.2) is 30.3 Å². The van der Waals surface area contributed by atoms with Crippen LogP contribution in [0.3, 0.4) is 0 Å². The Hall–Kier alpha value is -1.59. The second kappa shape index (κ2) is 7.53. The van der Waals surface area contributed by atoms with Crippen LogP contribution in [0.25, 0.3) is 0 Å². The highest BCUT2D eigenvalue weighted by Gasteiger charge is 2.45. The standard InChI is InChI=1S/C19H27NO4/c1-19(2)20(18(21)23-13-15-7-4-3-5-8-15)17(14-24-19)11-16-9-6-10-22-12-16/h3-5,7-8,16-17H,6,9-14H2,1-2H3/t16-,17+/m1/s1. The van der Waals surface area contributed by atoms with Gasteiger partial charge < -0.3 is 14.2 Å². The number of hydrogen-bond donors (Lipinski definition) is 0. The van der Waals surface area contributed by atoms with Crippen LogP contribution < -0.4 is 0 Å². The van der Waals surface area contributed by atoms with E-state index < -0.39 is 5.72 Å². The number of nitrogens with zero attached hydrogens (tertiary/aromatic N) is 1. The van der Waals surface area contributed by atoms with Crippen LogP contribution in [0, 0.1) is 5.92 Å². The average molecular weight is 333 g/mol. The Kier molecular flexibility index (Phi) is 5.41. The first-order chi connectivity index (χ1) is 11.6. The maximum Gasteiger partial charge on any atom is 0.412 e. The van der Waals surface area contributed by atoms with Gasteiger partial charge in [0.15, 0.2) is 0 Å². The topological polar surface area (TPSA) is 48.0 Å². The largest absolute Gasteiger partial charge is 0.444 e. The molecule has 3 rings (SSSR count). The highest BCUT2D eigenvalue weighted by atomic mass is 16.6. The molecule has 1 aromatic rings. The van der Waals surface area contributed by atoms with Crippen molar-refractivity contribution in [3.8, 4) is 0 Å². The maximum absolute atomic E-state index is 12.7. The van der Waals surface area contributed by atoms with Crippen molar-refractivity contribution >= 4 is 6.09 Å². The summed E-state index contributed by atoms with van der Waals surface area (Å²) in [5.41, 5.74) is 0.356. The molecule has 0 bridgehead atoms. The molecule has 0 aliphatic carbocycles. The van der Waals surface area contributed by atoms with Crippen LogP contribution in [0.4, 0.5) is 4.79 Å². The molecule has 0 saturated carbocycles. The van der Waals surface area contributed by atoms with Crippen molar-refractivity contribution in [1.29, 1.82) is 0 Å². The van der Waals surface area contributed by atoms with Gasteiger partial charge in [-0.05, 0) is 44.6 Å². The lowest BCUT2D eigenvalue weighted by Crippen LogP contribution is -2.48. The smallest absolute Gasteiger partial charge is 0.412 e. The zero-order chi connectivity index (χ0) is 17.0. The molecule has 1 amide bonds. The first-order valence-corrected chi connectivity index (χ1v) is 8.78. The molecule has 1 aromatic carbocycles. The van der Waals surface area contributed by atoms with Gasteiger partial charge in [0.05, 0.1) is 12.6 Å². The van der Waals surface area contributed by atoms with E-state index in [9.17, 15) is 4.79 Å². The molecule has 0 aromatic heterocycles. The van der Waals surface area contributed by atoms with Crippen LogP contribution in [-0.4, -0.2) is 42.6 Å². The van der Waals surface area contributed by atoms with Gasteiger partial charge in [0.1, 0.15) is 12.3 Å². The Labute approximate surface area is 143 Å². The van der Waals surface area contributed by atoms with Gasteiger partial charge in [-0.2, -0.15) is 0 Å². The minimum Gasteiger partial charge on any atom is -0.444 e. The minimum absolute atomic E-state index is 0.0509. The molecule has 2 atom stereocenters. The predicted octanol–water partition coefficient (Wildman–Crippen LogP) is 3.58. The SMILES string of the molecule is CC1(C)OC[C@H](C[C@H]2CCCOC2)N1C(=O)OCc1ccccc1. The molecule has 5 nitrogen and oxygen atoms in total. The van der Waals surface area contributed by atoms with E-state index in [0.717, 1.165) is 38.0 Å². The summed E-state index contributed by atoms with van der Waals surface area (Å²) in [5, 5.41) is 0. The van der Waals surface area contributed by atoms with Crippen molar-refractivity contribution in [3.05, 3.63) is 35.9 Å². The van der Waals surface area contributed by atoms with Gasteiger partial charge >= 0.3 is 6.09 Å². The fourth-order valence-electron chi connectivity index (χ4n) is 3.59. The third kappa shape index (κ3) is 4.08. The quantitative estimate of drug-likeness (QED) is 0.845. The number of hydrogen-bond acceptors (Lipinski definition) is 4. The molecule has 132 valence electrons. The molecule has 2 saturated heterocycles. The Morgan fingerprint density at radius 3 is 2.79 bits per heavy atom.